The highest BCUT2D eigenvalue weighted by atomic mass is 19.1. The number of anilines is 1. The van der Waals surface area contributed by atoms with Gasteiger partial charge in [-0.25, -0.2) is 18.8 Å². The molecule has 1 saturated heterocycles. The van der Waals surface area contributed by atoms with E-state index in [1.165, 1.54) is 29.1 Å². The molecule has 7 nitrogen and oxygen atoms in total. The van der Waals surface area contributed by atoms with Crippen molar-refractivity contribution in [3.63, 3.8) is 0 Å². The summed E-state index contributed by atoms with van der Waals surface area (Å²) in [5.74, 6) is 0.796. The first-order chi connectivity index (χ1) is 19.5. The highest BCUT2D eigenvalue weighted by Crippen LogP contribution is 2.44. The molecular weight excluding hydrogens is 522 g/mol. The summed E-state index contributed by atoms with van der Waals surface area (Å²) in [5.41, 5.74) is 1.55. The quantitative estimate of drug-likeness (QED) is 0.319. The van der Waals surface area contributed by atoms with Crippen molar-refractivity contribution in [1.82, 2.24) is 19.8 Å². The van der Waals surface area contributed by atoms with Crippen molar-refractivity contribution in [3.05, 3.63) is 70.3 Å². The third-order valence-electron chi connectivity index (χ3n) is 9.10. The number of hydrogen-bond acceptors (Lipinski definition) is 4. The molecule has 0 unspecified atom stereocenters. The van der Waals surface area contributed by atoms with E-state index in [-0.39, 0.29) is 39.9 Å². The summed E-state index contributed by atoms with van der Waals surface area (Å²) in [6.07, 6.45) is 4.11. The van der Waals surface area contributed by atoms with Crippen LogP contribution < -0.4 is 16.2 Å². The van der Waals surface area contributed by atoms with Crippen molar-refractivity contribution in [2.45, 2.75) is 72.5 Å². The van der Waals surface area contributed by atoms with Crippen LogP contribution in [0.1, 0.15) is 53.0 Å². The van der Waals surface area contributed by atoms with E-state index in [2.05, 4.69) is 55.1 Å². The number of aliphatic imine (C=N–C) groups is 1. The van der Waals surface area contributed by atoms with Gasteiger partial charge in [-0.2, -0.15) is 0 Å². The maximum atomic E-state index is 15.6. The minimum Gasteiger partial charge on any atom is -0.340 e. The van der Waals surface area contributed by atoms with Crippen LogP contribution in [0.3, 0.4) is 0 Å². The Hall–Kier alpha value is -3.33. The molecule has 2 heterocycles. The molecule has 0 amide bonds. The monoisotopic (exact) mass is 564 g/mol. The van der Waals surface area contributed by atoms with Crippen LogP contribution in [0.4, 0.5) is 14.5 Å². The van der Waals surface area contributed by atoms with Gasteiger partial charge in [-0.3, -0.25) is 9.36 Å². The zero-order chi connectivity index (χ0) is 29.3. The van der Waals surface area contributed by atoms with Crippen molar-refractivity contribution in [1.29, 1.82) is 0 Å². The van der Waals surface area contributed by atoms with Crippen LogP contribution in [0.25, 0.3) is 10.9 Å². The van der Waals surface area contributed by atoms with Gasteiger partial charge in [0.05, 0.1) is 29.0 Å². The Bertz CT molecular complexity index is 1470. The van der Waals surface area contributed by atoms with Gasteiger partial charge in [-0.1, -0.05) is 39.8 Å². The van der Waals surface area contributed by atoms with Crippen molar-refractivity contribution < 1.29 is 8.78 Å². The lowest BCUT2D eigenvalue weighted by Crippen LogP contribution is -2.53. The van der Waals surface area contributed by atoms with Gasteiger partial charge in [-0.15, -0.1) is 0 Å². The van der Waals surface area contributed by atoms with Gasteiger partial charge in [0.15, 0.2) is 5.96 Å². The van der Waals surface area contributed by atoms with Crippen LogP contribution in [0.5, 0.6) is 0 Å². The third-order valence-corrected chi connectivity index (χ3v) is 9.10. The average Bonchev–Trinajstić information content (AvgIpc) is 2.92. The molecule has 0 spiro atoms. The lowest BCUT2D eigenvalue weighted by atomic mass is 9.64. The molecule has 2 N–H and O–H groups in total. The highest BCUT2D eigenvalue weighted by molar-refractivity contribution is 5.96. The molecule has 0 bridgehead atoms. The molecule has 3 aromatic rings. The molecule has 9 heteroatoms. The maximum Gasteiger partial charge on any atom is 0.261 e. The lowest BCUT2D eigenvalue weighted by Gasteiger charge is -2.43. The molecule has 41 heavy (non-hydrogen) atoms. The summed E-state index contributed by atoms with van der Waals surface area (Å²) < 4.78 is 30.3. The first-order valence-electron chi connectivity index (χ1n) is 14.8. The number of fused-ring (bicyclic) bond motifs is 1. The second-order valence-electron chi connectivity index (χ2n) is 12.7. The van der Waals surface area contributed by atoms with Gasteiger partial charge in [0.25, 0.3) is 5.56 Å². The first kappa shape index (κ1) is 29.2. The van der Waals surface area contributed by atoms with Crippen molar-refractivity contribution in [2.75, 3.05) is 25.0 Å². The molecule has 1 saturated carbocycles. The number of guanidine groups is 1. The molecule has 0 radical (unpaired) electrons. The Labute approximate surface area is 241 Å². The van der Waals surface area contributed by atoms with E-state index >= 15 is 4.39 Å². The number of aryl methyl sites for hydroxylation is 2. The Morgan fingerprint density at radius 3 is 2.66 bits per heavy atom. The fraction of sp³-hybridized carbons (Fsp3) is 0.531. The minimum absolute atomic E-state index is 0.140. The summed E-state index contributed by atoms with van der Waals surface area (Å²) >= 11 is 0. The number of rotatable bonds is 5. The summed E-state index contributed by atoms with van der Waals surface area (Å²) in [6, 6.07) is 9.49. The molecule has 1 aliphatic heterocycles. The van der Waals surface area contributed by atoms with Gasteiger partial charge in [-0.05, 0) is 73.3 Å². The number of piperazine rings is 1. The number of nitrogens with zero attached hydrogens (tertiary/aromatic N) is 4. The normalized spacial score (nSPS) is 25.0. The fourth-order valence-corrected chi connectivity index (χ4v) is 6.19. The topological polar surface area (TPSA) is 74.5 Å². The first-order valence-corrected chi connectivity index (χ1v) is 14.8. The number of aromatic nitrogens is 2. The summed E-state index contributed by atoms with van der Waals surface area (Å²) in [5, 5.41) is 7.00. The number of nitrogens with one attached hydrogen (secondary N) is 2. The number of benzene rings is 2. The van der Waals surface area contributed by atoms with Crippen LogP contribution in [0.2, 0.25) is 0 Å². The van der Waals surface area contributed by atoms with E-state index in [1.54, 1.807) is 18.2 Å². The van der Waals surface area contributed by atoms with Crippen molar-refractivity contribution >= 4 is 22.5 Å². The van der Waals surface area contributed by atoms with Gasteiger partial charge in [0.2, 0.25) is 0 Å². The highest BCUT2D eigenvalue weighted by Gasteiger charge is 2.38. The third kappa shape index (κ3) is 6.61. The second-order valence-corrected chi connectivity index (χ2v) is 12.7. The van der Waals surface area contributed by atoms with Gasteiger partial charge in [0, 0.05) is 32.2 Å². The van der Waals surface area contributed by atoms with E-state index in [1.807, 2.05) is 0 Å². The molecule has 2 aliphatic rings. The van der Waals surface area contributed by atoms with E-state index in [0.29, 0.717) is 36.3 Å². The Morgan fingerprint density at radius 1 is 1.17 bits per heavy atom. The van der Waals surface area contributed by atoms with Gasteiger partial charge in [0.1, 0.15) is 11.6 Å². The molecule has 2 aromatic carbocycles. The molecule has 220 valence electrons. The van der Waals surface area contributed by atoms with E-state index < -0.39 is 5.82 Å². The molecule has 4 atom stereocenters. The molecule has 1 aliphatic carbocycles. The van der Waals surface area contributed by atoms with E-state index in [4.69, 9.17) is 4.99 Å². The summed E-state index contributed by atoms with van der Waals surface area (Å²) in [4.78, 5) is 25.1. The van der Waals surface area contributed by atoms with E-state index in [9.17, 15) is 9.18 Å². The van der Waals surface area contributed by atoms with Gasteiger partial charge >= 0.3 is 0 Å². The fourth-order valence-electron chi connectivity index (χ4n) is 6.19. The molecular formula is C32H42F2N6O. The Morgan fingerprint density at radius 2 is 1.93 bits per heavy atom. The Kier molecular flexibility index (Phi) is 8.45. The van der Waals surface area contributed by atoms with Gasteiger partial charge < -0.3 is 15.5 Å². The second kappa shape index (κ2) is 11.9. The Balaban J connectivity index is 1.42. The van der Waals surface area contributed by atoms with Crippen LogP contribution in [0.15, 0.2) is 52.5 Å². The predicted molar refractivity (Wildman–Crippen MR) is 161 cm³/mol. The van der Waals surface area contributed by atoms with Crippen molar-refractivity contribution in [3.8, 4) is 0 Å². The zero-order valence-electron chi connectivity index (χ0n) is 24.8. The van der Waals surface area contributed by atoms with Crippen LogP contribution in [-0.2, 0) is 13.0 Å². The minimum atomic E-state index is -0.519. The largest absolute Gasteiger partial charge is 0.340 e. The maximum absolute atomic E-state index is 15.6. The average molecular weight is 565 g/mol. The standard InChI is InChI=1S/C32H42F2N6O/c1-20-17-32(4,5)21(2)14-27(20)37-31(39-13-11-35-22(3)18-39)38-29-16-28-25(15-26(29)34)30(41)40(19-36-28)12-10-23-6-8-24(33)9-7-23/h6-9,15-16,19-22,27,35H,10-14,17-18H2,1-5H3,(H,37,38)/t20-,21+,22-,27-/m0/s1. The summed E-state index contributed by atoms with van der Waals surface area (Å²) in [6.45, 7) is 14.1. The van der Waals surface area contributed by atoms with Crippen LogP contribution in [0, 0.1) is 28.9 Å². The van der Waals surface area contributed by atoms with Crippen molar-refractivity contribution in [2.24, 2.45) is 22.2 Å². The number of hydrogen-bond donors (Lipinski definition) is 2. The van der Waals surface area contributed by atoms with E-state index in [0.717, 1.165) is 38.0 Å². The lowest BCUT2D eigenvalue weighted by molar-refractivity contribution is 0.0979. The SMILES string of the molecule is C[C@@H]1C[C@H](N=C(Nc2cc3ncn(CCc4ccc(F)cc4)c(=O)c3cc2F)N2CCN[C@@H](C)C2)[C@@H](C)CC1(C)C. The van der Waals surface area contributed by atoms with Crippen LogP contribution in [-0.4, -0.2) is 52.1 Å². The zero-order valence-corrected chi connectivity index (χ0v) is 24.8. The summed E-state index contributed by atoms with van der Waals surface area (Å²) in [7, 11) is 0. The predicted octanol–water partition coefficient (Wildman–Crippen LogP) is 5.44. The molecule has 2 fully saturated rings. The smallest absolute Gasteiger partial charge is 0.261 e. The van der Waals surface area contributed by atoms with Crippen LogP contribution >= 0.6 is 0 Å². The molecule has 5 rings (SSSR count). The number of halogens is 2. The molecule has 1 aromatic heterocycles.